The Morgan fingerprint density at radius 2 is 1.95 bits per heavy atom. The van der Waals surface area contributed by atoms with Crippen LogP contribution in [0.25, 0.3) is 0 Å². The number of carbonyl (C=O) groups excluding carboxylic acids is 1. The summed E-state index contributed by atoms with van der Waals surface area (Å²) in [7, 11) is 0. The first-order valence-corrected chi connectivity index (χ1v) is 7.85. The van der Waals surface area contributed by atoms with Gasteiger partial charge in [0.1, 0.15) is 0 Å². The molecule has 1 amide bonds. The van der Waals surface area contributed by atoms with Crippen molar-refractivity contribution in [3.63, 3.8) is 0 Å². The summed E-state index contributed by atoms with van der Waals surface area (Å²) in [6.45, 7) is 6.34. The lowest BCUT2D eigenvalue weighted by Gasteiger charge is -2.29. The molecule has 0 aromatic carbocycles. The highest BCUT2D eigenvalue weighted by Crippen LogP contribution is 2.32. The molecular formula is C17H29NO. The molecule has 19 heavy (non-hydrogen) atoms. The topological polar surface area (TPSA) is 29.1 Å². The van der Waals surface area contributed by atoms with Crippen LogP contribution in [0.15, 0.2) is 0 Å². The van der Waals surface area contributed by atoms with Crippen molar-refractivity contribution < 1.29 is 4.79 Å². The minimum Gasteiger partial charge on any atom is -0.342 e. The van der Waals surface area contributed by atoms with Gasteiger partial charge in [-0.1, -0.05) is 46.0 Å². The molecule has 0 saturated heterocycles. The molecular weight excluding hydrogens is 234 g/mol. The molecule has 1 unspecified atom stereocenters. The fourth-order valence-corrected chi connectivity index (χ4v) is 2.88. The van der Waals surface area contributed by atoms with Crippen LogP contribution in [-0.4, -0.2) is 11.9 Å². The van der Waals surface area contributed by atoms with Gasteiger partial charge in [0.2, 0.25) is 5.91 Å². The van der Waals surface area contributed by atoms with Crippen LogP contribution in [-0.2, 0) is 4.79 Å². The quantitative estimate of drug-likeness (QED) is 0.726. The van der Waals surface area contributed by atoms with Crippen molar-refractivity contribution in [1.29, 1.82) is 0 Å². The van der Waals surface area contributed by atoms with Crippen LogP contribution in [0.2, 0.25) is 0 Å². The summed E-state index contributed by atoms with van der Waals surface area (Å²) in [6, 6.07) is -0.120. The molecule has 108 valence electrons. The Bertz CT molecular complexity index is 308. The van der Waals surface area contributed by atoms with Crippen molar-refractivity contribution in [2.24, 2.45) is 17.8 Å². The van der Waals surface area contributed by atoms with E-state index in [1.54, 1.807) is 0 Å². The van der Waals surface area contributed by atoms with Gasteiger partial charge < -0.3 is 5.32 Å². The van der Waals surface area contributed by atoms with E-state index in [9.17, 15) is 4.79 Å². The highest BCUT2D eigenvalue weighted by atomic mass is 16.1. The highest BCUT2D eigenvalue weighted by molar-refractivity contribution is 5.79. The molecule has 0 spiro atoms. The summed E-state index contributed by atoms with van der Waals surface area (Å²) in [5, 5.41) is 3.02. The maximum atomic E-state index is 12.2. The van der Waals surface area contributed by atoms with Crippen molar-refractivity contribution in [1.82, 2.24) is 5.32 Å². The van der Waals surface area contributed by atoms with Crippen LogP contribution < -0.4 is 5.32 Å². The van der Waals surface area contributed by atoms with Gasteiger partial charge in [-0.25, -0.2) is 0 Å². The van der Waals surface area contributed by atoms with E-state index in [1.807, 2.05) is 13.8 Å². The minimum atomic E-state index is -0.120. The summed E-state index contributed by atoms with van der Waals surface area (Å²) in [5.74, 6) is 4.18. The molecule has 1 aliphatic rings. The number of hydrogen-bond acceptors (Lipinski definition) is 1. The Morgan fingerprint density at radius 3 is 2.42 bits per heavy atom. The molecule has 1 fully saturated rings. The van der Waals surface area contributed by atoms with E-state index in [0.717, 1.165) is 18.8 Å². The first-order valence-electron chi connectivity index (χ1n) is 7.85. The second kappa shape index (κ2) is 8.25. The lowest BCUT2D eigenvalue weighted by molar-refractivity contribution is -0.126. The second-order valence-electron chi connectivity index (χ2n) is 6.26. The molecule has 0 heterocycles. The molecule has 1 atom stereocenters. The van der Waals surface area contributed by atoms with Gasteiger partial charge in [0.05, 0.1) is 6.04 Å². The van der Waals surface area contributed by atoms with E-state index in [1.165, 1.54) is 32.1 Å². The normalized spacial score (nSPS) is 24.8. The zero-order valence-corrected chi connectivity index (χ0v) is 12.7. The summed E-state index contributed by atoms with van der Waals surface area (Å²) in [5.41, 5.74) is 0. The van der Waals surface area contributed by atoms with Gasteiger partial charge >= 0.3 is 0 Å². The molecule has 0 bridgehead atoms. The molecule has 0 aromatic rings. The SMILES string of the molecule is C#CC(NC(=O)C1CCC(CCCC)CC1)C(C)C. The average Bonchev–Trinajstić information content (AvgIpc) is 2.42. The van der Waals surface area contributed by atoms with E-state index in [0.29, 0.717) is 5.92 Å². The first kappa shape index (κ1) is 16.1. The molecule has 1 aliphatic carbocycles. The maximum absolute atomic E-state index is 12.2. The Labute approximate surface area is 118 Å². The van der Waals surface area contributed by atoms with Crippen LogP contribution in [0.5, 0.6) is 0 Å². The highest BCUT2D eigenvalue weighted by Gasteiger charge is 2.27. The monoisotopic (exact) mass is 263 g/mol. The van der Waals surface area contributed by atoms with E-state index in [2.05, 4.69) is 18.2 Å². The molecule has 0 radical (unpaired) electrons. The average molecular weight is 263 g/mol. The largest absolute Gasteiger partial charge is 0.342 e. The summed E-state index contributed by atoms with van der Waals surface area (Å²) < 4.78 is 0. The van der Waals surface area contributed by atoms with Crippen LogP contribution in [0.1, 0.15) is 65.7 Å². The molecule has 0 aromatic heterocycles. The first-order chi connectivity index (χ1) is 9.08. The van der Waals surface area contributed by atoms with Gasteiger partial charge in [-0.3, -0.25) is 4.79 Å². The van der Waals surface area contributed by atoms with Gasteiger partial charge in [0.25, 0.3) is 0 Å². The number of unbranched alkanes of at least 4 members (excludes halogenated alkanes) is 1. The number of nitrogens with one attached hydrogen (secondary N) is 1. The molecule has 0 aliphatic heterocycles. The van der Waals surface area contributed by atoms with E-state index in [4.69, 9.17) is 6.42 Å². The molecule has 1 N–H and O–H groups in total. The van der Waals surface area contributed by atoms with Gasteiger partial charge in [-0.2, -0.15) is 0 Å². The van der Waals surface area contributed by atoms with Crippen LogP contribution in [0.3, 0.4) is 0 Å². The Kier molecular flexibility index (Phi) is 6.99. The van der Waals surface area contributed by atoms with Gasteiger partial charge in [0.15, 0.2) is 0 Å². The van der Waals surface area contributed by atoms with Crippen molar-refractivity contribution in [2.75, 3.05) is 0 Å². The van der Waals surface area contributed by atoms with Crippen LogP contribution in [0.4, 0.5) is 0 Å². The van der Waals surface area contributed by atoms with E-state index in [-0.39, 0.29) is 17.9 Å². The van der Waals surface area contributed by atoms with Gasteiger partial charge in [-0.05, 0) is 37.5 Å². The smallest absolute Gasteiger partial charge is 0.224 e. The summed E-state index contributed by atoms with van der Waals surface area (Å²) in [4.78, 5) is 12.2. The zero-order valence-electron chi connectivity index (χ0n) is 12.7. The predicted octanol–water partition coefficient (Wildman–Crippen LogP) is 3.76. The maximum Gasteiger partial charge on any atom is 0.224 e. The second-order valence-corrected chi connectivity index (χ2v) is 6.26. The third kappa shape index (κ3) is 5.27. The Hall–Kier alpha value is -0.970. The van der Waals surface area contributed by atoms with Crippen molar-refractivity contribution >= 4 is 5.91 Å². The van der Waals surface area contributed by atoms with Crippen LogP contribution in [0, 0.1) is 30.1 Å². The number of carbonyl (C=O) groups is 1. The third-order valence-corrected chi connectivity index (χ3v) is 4.33. The van der Waals surface area contributed by atoms with Crippen molar-refractivity contribution in [3.8, 4) is 12.3 Å². The number of terminal acetylenes is 1. The standard InChI is InChI=1S/C17H29NO/c1-5-7-8-14-9-11-15(12-10-14)17(19)18-16(6-2)13(3)4/h2,13-16H,5,7-12H2,1,3-4H3,(H,18,19). The fraction of sp³-hybridized carbons (Fsp3) is 0.824. The summed E-state index contributed by atoms with van der Waals surface area (Å²) in [6.07, 6.45) is 13.9. The number of hydrogen-bond donors (Lipinski definition) is 1. The minimum absolute atomic E-state index is 0.120. The third-order valence-electron chi connectivity index (χ3n) is 4.33. The molecule has 1 saturated carbocycles. The Balaban J connectivity index is 2.34. The van der Waals surface area contributed by atoms with Crippen LogP contribution >= 0.6 is 0 Å². The lowest BCUT2D eigenvalue weighted by Crippen LogP contribution is -2.41. The predicted molar refractivity (Wildman–Crippen MR) is 80.6 cm³/mol. The molecule has 2 heteroatoms. The molecule has 1 rings (SSSR count). The van der Waals surface area contributed by atoms with Crippen molar-refractivity contribution in [3.05, 3.63) is 0 Å². The number of rotatable bonds is 6. The zero-order chi connectivity index (χ0) is 14.3. The van der Waals surface area contributed by atoms with Crippen molar-refractivity contribution in [2.45, 2.75) is 71.8 Å². The van der Waals surface area contributed by atoms with E-state index < -0.39 is 0 Å². The number of amides is 1. The Morgan fingerprint density at radius 1 is 1.32 bits per heavy atom. The lowest BCUT2D eigenvalue weighted by atomic mass is 9.79. The summed E-state index contributed by atoms with van der Waals surface area (Å²) >= 11 is 0. The van der Waals surface area contributed by atoms with E-state index >= 15 is 0 Å². The fourth-order valence-electron chi connectivity index (χ4n) is 2.88. The van der Waals surface area contributed by atoms with Gasteiger partial charge in [0, 0.05) is 5.92 Å². The van der Waals surface area contributed by atoms with Gasteiger partial charge in [-0.15, -0.1) is 6.42 Å². The molecule has 2 nitrogen and oxygen atoms in total.